The Morgan fingerprint density at radius 2 is 2.00 bits per heavy atom. The van der Waals surface area contributed by atoms with E-state index in [1.165, 1.54) is 13.0 Å². The third-order valence-electron chi connectivity index (χ3n) is 2.65. The van der Waals surface area contributed by atoms with Crippen molar-refractivity contribution in [2.24, 2.45) is 11.1 Å². The highest BCUT2D eigenvalue weighted by Gasteiger charge is 2.27. The van der Waals surface area contributed by atoms with Crippen molar-refractivity contribution in [3.05, 3.63) is 29.3 Å². The molecule has 0 spiro atoms. The number of anilines is 1. The fraction of sp³-hybridized carbons (Fsp3) is 0.417. The van der Waals surface area contributed by atoms with E-state index in [9.17, 15) is 13.6 Å². The minimum absolute atomic E-state index is 0.0912. The zero-order valence-corrected chi connectivity index (χ0v) is 10.1. The van der Waals surface area contributed by atoms with Gasteiger partial charge in [-0.2, -0.15) is 0 Å². The standard InChI is InChI=1S/C12H16F2N2O/c1-7-4-5-8(13)10(9(7)14)16-11(17)12(2,3)6-15/h4-5H,6,15H2,1-3H3,(H,16,17). The molecule has 0 aliphatic rings. The molecule has 0 aliphatic heterocycles. The fourth-order valence-corrected chi connectivity index (χ4v) is 1.15. The van der Waals surface area contributed by atoms with Crippen molar-refractivity contribution in [3.63, 3.8) is 0 Å². The van der Waals surface area contributed by atoms with Gasteiger partial charge in [0.05, 0.1) is 5.41 Å². The highest BCUT2D eigenvalue weighted by molar-refractivity contribution is 5.95. The lowest BCUT2D eigenvalue weighted by atomic mass is 9.92. The lowest BCUT2D eigenvalue weighted by Crippen LogP contribution is -2.37. The van der Waals surface area contributed by atoms with Crippen LogP contribution in [0, 0.1) is 24.0 Å². The van der Waals surface area contributed by atoms with E-state index in [0.29, 0.717) is 0 Å². The van der Waals surface area contributed by atoms with Gasteiger partial charge in [0.25, 0.3) is 0 Å². The van der Waals surface area contributed by atoms with E-state index in [2.05, 4.69) is 5.32 Å². The number of carbonyl (C=O) groups is 1. The van der Waals surface area contributed by atoms with Crippen LogP contribution in [-0.4, -0.2) is 12.5 Å². The molecule has 0 saturated heterocycles. The Kier molecular flexibility index (Phi) is 3.83. The maximum absolute atomic E-state index is 13.6. The third kappa shape index (κ3) is 2.79. The van der Waals surface area contributed by atoms with Gasteiger partial charge in [-0.25, -0.2) is 8.78 Å². The van der Waals surface area contributed by atoms with E-state index in [1.807, 2.05) is 0 Å². The van der Waals surface area contributed by atoms with Crippen LogP contribution in [0.5, 0.6) is 0 Å². The first kappa shape index (κ1) is 13.6. The van der Waals surface area contributed by atoms with Gasteiger partial charge < -0.3 is 11.1 Å². The number of benzene rings is 1. The topological polar surface area (TPSA) is 55.1 Å². The molecule has 1 amide bonds. The molecule has 0 fully saturated rings. The summed E-state index contributed by atoms with van der Waals surface area (Å²) in [5, 5.41) is 2.24. The number of carbonyl (C=O) groups excluding carboxylic acids is 1. The lowest BCUT2D eigenvalue weighted by molar-refractivity contribution is -0.123. The SMILES string of the molecule is Cc1ccc(F)c(NC(=O)C(C)(C)CN)c1F. The molecule has 0 saturated carbocycles. The molecule has 94 valence electrons. The summed E-state index contributed by atoms with van der Waals surface area (Å²) in [7, 11) is 0. The Hall–Kier alpha value is -1.49. The second-order valence-corrected chi connectivity index (χ2v) is 4.60. The summed E-state index contributed by atoms with van der Waals surface area (Å²) < 4.78 is 27.0. The number of nitrogens with one attached hydrogen (secondary N) is 1. The molecule has 0 atom stereocenters. The predicted octanol–water partition coefficient (Wildman–Crippen LogP) is 2.20. The molecule has 17 heavy (non-hydrogen) atoms. The van der Waals surface area contributed by atoms with Gasteiger partial charge >= 0.3 is 0 Å². The van der Waals surface area contributed by atoms with Crippen molar-refractivity contribution in [1.82, 2.24) is 0 Å². The Morgan fingerprint density at radius 3 is 2.53 bits per heavy atom. The summed E-state index contributed by atoms with van der Waals surface area (Å²) in [6.45, 7) is 4.80. The molecule has 0 aliphatic carbocycles. The van der Waals surface area contributed by atoms with Crippen LogP contribution in [0.15, 0.2) is 12.1 Å². The normalized spacial score (nSPS) is 11.4. The number of aryl methyl sites for hydroxylation is 1. The summed E-state index contributed by atoms with van der Waals surface area (Å²) in [5.74, 6) is -2.07. The molecule has 0 heterocycles. The average Bonchev–Trinajstić information content (AvgIpc) is 2.29. The first-order valence-corrected chi connectivity index (χ1v) is 5.25. The van der Waals surface area contributed by atoms with Crippen LogP contribution >= 0.6 is 0 Å². The van der Waals surface area contributed by atoms with Crippen LogP contribution in [-0.2, 0) is 4.79 Å². The van der Waals surface area contributed by atoms with Gasteiger partial charge in [-0.1, -0.05) is 6.07 Å². The van der Waals surface area contributed by atoms with E-state index < -0.39 is 28.6 Å². The van der Waals surface area contributed by atoms with Crippen LogP contribution < -0.4 is 11.1 Å². The van der Waals surface area contributed by atoms with Gasteiger partial charge in [-0.3, -0.25) is 4.79 Å². The van der Waals surface area contributed by atoms with Crippen molar-refractivity contribution in [2.45, 2.75) is 20.8 Å². The third-order valence-corrected chi connectivity index (χ3v) is 2.65. The first-order chi connectivity index (χ1) is 7.79. The maximum atomic E-state index is 13.6. The van der Waals surface area contributed by atoms with Crippen molar-refractivity contribution in [2.75, 3.05) is 11.9 Å². The average molecular weight is 242 g/mol. The highest BCUT2D eigenvalue weighted by Crippen LogP contribution is 2.24. The fourth-order valence-electron chi connectivity index (χ4n) is 1.15. The maximum Gasteiger partial charge on any atom is 0.231 e. The molecular weight excluding hydrogens is 226 g/mol. The number of rotatable bonds is 3. The summed E-state index contributed by atoms with van der Waals surface area (Å²) in [6.07, 6.45) is 0. The van der Waals surface area contributed by atoms with Crippen LogP contribution in [0.3, 0.4) is 0 Å². The number of hydrogen-bond donors (Lipinski definition) is 2. The molecular formula is C12H16F2N2O. The Bertz CT molecular complexity index is 444. The summed E-state index contributed by atoms with van der Waals surface area (Å²) in [4.78, 5) is 11.8. The molecule has 3 nitrogen and oxygen atoms in total. The van der Waals surface area contributed by atoms with Gasteiger partial charge in [0.15, 0.2) is 5.82 Å². The summed E-state index contributed by atoms with van der Waals surface area (Å²) in [6, 6.07) is 2.43. The van der Waals surface area contributed by atoms with Crippen LogP contribution in [0.25, 0.3) is 0 Å². The monoisotopic (exact) mass is 242 g/mol. The molecule has 0 unspecified atom stereocenters. The molecule has 0 radical (unpaired) electrons. The first-order valence-electron chi connectivity index (χ1n) is 5.25. The van der Waals surface area contributed by atoms with Gasteiger partial charge in [0.1, 0.15) is 11.5 Å². The number of hydrogen-bond acceptors (Lipinski definition) is 2. The zero-order valence-electron chi connectivity index (χ0n) is 10.1. The molecule has 1 aromatic rings. The van der Waals surface area contributed by atoms with E-state index in [4.69, 9.17) is 5.73 Å². The summed E-state index contributed by atoms with van der Waals surface area (Å²) >= 11 is 0. The Labute approximate surface area is 99.0 Å². The molecule has 1 rings (SSSR count). The van der Waals surface area contributed by atoms with Crippen molar-refractivity contribution < 1.29 is 13.6 Å². The van der Waals surface area contributed by atoms with E-state index in [0.717, 1.165) is 6.07 Å². The van der Waals surface area contributed by atoms with E-state index in [1.54, 1.807) is 13.8 Å². The number of halogens is 2. The van der Waals surface area contributed by atoms with Gasteiger partial charge in [-0.05, 0) is 32.4 Å². The van der Waals surface area contributed by atoms with Crippen LogP contribution in [0.1, 0.15) is 19.4 Å². The lowest BCUT2D eigenvalue weighted by Gasteiger charge is -2.21. The Balaban J connectivity index is 3.04. The Morgan fingerprint density at radius 1 is 1.41 bits per heavy atom. The van der Waals surface area contributed by atoms with Crippen molar-refractivity contribution >= 4 is 11.6 Å². The van der Waals surface area contributed by atoms with Crippen LogP contribution in [0.2, 0.25) is 0 Å². The number of nitrogens with two attached hydrogens (primary N) is 1. The van der Waals surface area contributed by atoms with Gasteiger partial charge in [0, 0.05) is 6.54 Å². The highest BCUT2D eigenvalue weighted by atomic mass is 19.1. The minimum atomic E-state index is -0.872. The quantitative estimate of drug-likeness (QED) is 0.853. The van der Waals surface area contributed by atoms with E-state index >= 15 is 0 Å². The molecule has 0 aromatic heterocycles. The summed E-state index contributed by atoms with van der Waals surface area (Å²) in [5.41, 5.74) is 4.40. The van der Waals surface area contributed by atoms with Crippen molar-refractivity contribution in [1.29, 1.82) is 0 Å². The van der Waals surface area contributed by atoms with Crippen molar-refractivity contribution in [3.8, 4) is 0 Å². The zero-order chi connectivity index (χ0) is 13.2. The number of amides is 1. The second kappa shape index (κ2) is 4.79. The largest absolute Gasteiger partial charge is 0.329 e. The molecule has 3 N–H and O–H groups in total. The molecule has 0 bridgehead atoms. The minimum Gasteiger partial charge on any atom is -0.329 e. The molecule has 5 heteroatoms. The van der Waals surface area contributed by atoms with Gasteiger partial charge in [0.2, 0.25) is 5.91 Å². The van der Waals surface area contributed by atoms with Crippen LogP contribution in [0.4, 0.5) is 14.5 Å². The smallest absolute Gasteiger partial charge is 0.231 e. The predicted molar refractivity (Wildman–Crippen MR) is 62.6 cm³/mol. The van der Waals surface area contributed by atoms with Gasteiger partial charge in [-0.15, -0.1) is 0 Å². The van der Waals surface area contributed by atoms with E-state index in [-0.39, 0.29) is 12.1 Å². The molecule has 1 aromatic carbocycles. The second-order valence-electron chi connectivity index (χ2n) is 4.60.